The van der Waals surface area contributed by atoms with Gasteiger partial charge in [0.25, 0.3) is 0 Å². The highest BCUT2D eigenvalue weighted by Crippen LogP contribution is 2.29. The second-order valence-corrected chi connectivity index (χ2v) is 6.97. The van der Waals surface area contributed by atoms with Crippen molar-refractivity contribution >= 4 is 5.90 Å². The minimum Gasteiger partial charge on any atom is -0.478 e. The summed E-state index contributed by atoms with van der Waals surface area (Å²) in [4.78, 5) is 9.19. The topological polar surface area (TPSA) is 43.7 Å². The van der Waals surface area contributed by atoms with Crippen LogP contribution in [0.25, 0.3) is 11.1 Å². The zero-order valence-corrected chi connectivity index (χ0v) is 16.5. The van der Waals surface area contributed by atoms with Crippen molar-refractivity contribution < 1.29 is 9.47 Å². The molecule has 1 unspecified atom stereocenters. The van der Waals surface area contributed by atoms with Gasteiger partial charge in [0.15, 0.2) is 0 Å². The lowest BCUT2D eigenvalue weighted by Crippen LogP contribution is -2.05. The first-order chi connectivity index (χ1) is 13.7. The summed E-state index contributed by atoms with van der Waals surface area (Å²) < 4.78 is 11.4. The molecule has 0 bridgehead atoms. The van der Waals surface area contributed by atoms with Gasteiger partial charge in [0.2, 0.25) is 11.8 Å². The molecule has 0 spiro atoms. The summed E-state index contributed by atoms with van der Waals surface area (Å²) in [6.45, 7) is 7.35. The number of pyridine rings is 1. The van der Waals surface area contributed by atoms with E-state index in [-0.39, 0.29) is 6.04 Å². The molecule has 0 amide bonds. The van der Waals surface area contributed by atoms with Crippen LogP contribution in [0.2, 0.25) is 0 Å². The number of hydrogen-bond acceptors (Lipinski definition) is 4. The summed E-state index contributed by atoms with van der Waals surface area (Å²) in [5.74, 6) is 1.40. The van der Waals surface area contributed by atoms with E-state index in [1.807, 2.05) is 25.3 Å². The number of rotatable bonds is 5. The average molecular weight is 372 g/mol. The van der Waals surface area contributed by atoms with Crippen LogP contribution in [0.15, 0.2) is 65.8 Å². The third-order valence-corrected chi connectivity index (χ3v) is 5.00. The molecule has 0 saturated carbocycles. The van der Waals surface area contributed by atoms with E-state index in [9.17, 15) is 0 Å². The molecule has 1 aliphatic heterocycles. The van der Waals surface area contributed by atoms with Gasteiger partial charge in [0.1, 0.15) is 12.6 Å². The third-order valence-electron chi connectivity index (χ3n) is 5.00. The Morgan fingerprint density at radius 1 is 0.964 bits per heavy atom. The summed E-state index contributed by atoms with van der Waals surface area (Å²) in [7, 11) is 0. The van der Waals surface area contributed by atoms with Gasteiger partial charge in [-0.3, -0.25) is 0 Å². The van der Waals surface area contributed by atoms with Crippen LogP contribution in [0.1, 0.15) is 35.2 Å². The molecule has 0 fully saturated rings. The monoisotopic (exact) mass is 372 g/mol. The van der Waals surface area contributed by atoms with E-state index in [1.165, 1.54) is 11.1 Å². The molecule has 1 aromatic heterocycles. The number of aromatic nitrogens is 1. The minimum atomic E-state index is 0.0292. The molecule has 4 rings (SSSR count). The van der Waals surface area contributed by atoms with E-state index in [1.54, 1.807) is 0 Å². The molecule has 0 saturated heterocycles. The molecule has 0 radical (unpaired) electrons. The summed E-state index contributed by atoms with van der Waals surface area (Å²) >= 11 is 0. The molecule has 0 aliphatic carbocycles. The zero-order chi connectivity index (χ0) is 19.5. The molecular formula is C24H24N2O2. The quantitative estimate of drug-likeness (QED) is 0.612. The molecule has 4 nitrogen and oxygen atoms in total. The lowest BCUT2D eigenvalue weighted by molar-refractivity contribution is 0.319. The zero-order valence-electron chi connectivity index (χ0n) is 16.5. The molecule has 1 aliphatic rings. The van der Waals surface area contributed by atoms with Gasteiger partial charge in [-0.15, -0.1) is 0 Å². The van der Waals surface area contributed by atoms with Crippen molar-refractivity contribution in [2.45, 2.75) is 26.8 Å². The number of benzene rings is 2. The fraction of sp³-hybridized carbons (Fsp3) is 0.250. The van der Waals surface area contributed by atoms with Crippen LogP contribution in [0.5, 0.6) is 5.88 Å². The number of aryl methyl sites for hydroxylation is 2. The lowest BCUT2D eigenvalue weighted by Gasteiger charge is -2.08. The van der Waals surface area contributed by atoms with Crippen LogP contribution in [0.3, 0.4) is 0 Å². The highest BCUT2D eigenvalue weighted by molar-refractivity contribution is 5.98. The first kappa shape index (κ1) is 18.2. The second kappa shape index (κ2) is 7.85. The number of hydrogen-bond donors (Lipinski definition) is 0. The van der Waals surface area contributed by atoms with Gasteiger partial charge < -0.3 is 9.47 Å². The van der Waals surface area contributed by atoms with Gasteiger partial charge >= 0.3 is 0 Å². The summed E-state index contributed by atoms with van der Waals surface area (Å²) in [6.07, 6.45) is 1.84. The van der Waals surface area contributed by atoms with E-state index < -0.39 is 0 Å². The first-order valence-electron chi connectivity index (χ1n) is 9.62. The minimum absolute atomic E-state index is 0.0292. The molecule has 0 N–H and O–H groups in total. The average Bonchev–Trinajstić information content (AvgIpc) is 3.19. The fourth-order valence-corrected chi connectivity index (χ4v) is 3.52. The molecule has 4 heteroatoms. The van der Waals surface area contributed by atoms with Crippen molar-refractivity contribution in [2.24, 2.45) is 4.99 Å². The summed E-state index contributed by atoms with van der Waals surface area (Å²) in [5, 5.41) is 0. The van der Waals surface area contributed by atoms with Gasteiger partial charge in [0.05, 0.1) is 6.61 Å². The van der Waals surface area contributed by atoms with Crippen molar-refractivity contribution in [1.29, 1.82) is 0 Å². The van der Waals surface area contributed by atoms with Gasteiger partial charge in [-0.25, -0.2) is 9.98 Å². The summed E-state index contributed by atoms with van der Waals surface area (Å²) in [5.41, 5.74) is 6.84. The summed E-state index contributed by atoms with van der Waals surface area (Å²) in [6, 6.07) is 18.7. The highest BCUT2D eigenvalue weighted by Gasteiger charge is 2.23. The van der Waals surface area contributed by atoms with Gasteiger partial charge in [-0.05, 0) is 49.1 Å². The Morgan fingerprint density at radius 2 is 1.68 bits per heavy atom. The Bertz CT molecular complexity index is 972. The number of ether oxygens (including phenoxy) is 2. The SMILES string of the molecule is CCOc1ccc(-c2ccc(C3COC(c4c(C)cccc4C)=N3)cc2)cn1. The van der Waals surface area contributed by atoms with Gasteiger partial charge in [0, 0.05) is 23.4 Å². The van der Waals surface area contributed by atoms with Crippen LogP contribution in [-0.4, -0.2) is 24.1 Å². The Kier molecular flexibility index (Phi) is 5.11. The predicted octanol–water partition coefficient (Wildman–Crippen LogP) is 5.28. The third kappa shape index (κ3) is 3.63. The highest BCUT2D eigenvalue weighted by atomic mass is 16.5. The van der Waals surface area contributed by atoms with E-state index in [4.69, 9.17) is 14.5 Å². The normalized spacial score (nSPS) is 15.8. The Balaban J connectivity index is 1.54. The predicted molar refractivity (Wildman–Crippen MR) is 112 cm³/mol. The molecule has 3 aromatic rings. The van der Waals surface area contributed by atoms with Crippen molar-refractivity contribution in [2.75, 3.05) is 13.2 Å². The first-order valence-corrected chi connectivity index (χ1v) is 9.62. The Morgan fingerprint density at radius 3 is 2.32 bits per heavy atom. The van der Waals surface area contributed by atoms with E-state index >= 15 is 0 Å². The molecule has 2 heterocycles. The van der Waals surface area contributed by atoms with Crippen LogP contribution in [0.4, 0.5) is 0 Å². The Hall–Kier alpha value is -3.14. The lowest BCUT2D eigenvalue weighted by atomic mass is 10.0. The molecule has 28 heavy (non-hydrogen) atoms. The smallest absolute Gasteiger partial charge is 0.217 e. The van der Waals surface area contributed by atoms with Crippen LogP contribution >= 0.6 is 0 Å². The number of aliphatic imine (C=N–C) groups is 1. The molecule has 142 valence electrons. The Labute approximate surface area is 165 Å². The van der Waals surface area contributed by atoms with Crippen LogP contribution in [0, 0.1) is 13.8 Å². The fourth-order valence-electron chi connectivity index (χ4n) is 3.52. The van der Waals surface area contributed by atoms with E-state index in [2.05, 4.69) is 61.3 Å². The molecule has 1 atom stereocenters. The van der Waals surface area contributed by atoms with Gasteiger partial charge in [-0.1, -0.05) is 42.5 Å². The number of nitrogens with zero attached hydrogens (tertiary/aromatic N) is 2. The standard InChI is InChI=1S/C24H24N2O2/c1-4-27-22-13-12-20(14-25-22)18-8-10-19(11-9-18)21-15-28-24(26-21)23-16(2)6-5-7-17(23)3/h5-14,21H,4,15H2,1-3H3. The molecular weight excluding hydrogens is 348 g/mol. The van der Waals surface area contributed by atoms with Crippen LogP contribution < -0.4 is 4.74 Å². The van der Waals surface area contributed by atoms with Crippen LogP contribution in [-0.2, 0) is 4.74 Å². The van der Waals surface area contributed by atoms with Crippen molar-refractivity contribution in [3.8, 4) is 17.0 Å². The van der Waals surface area contributed by atoms with E-state index in [0.717, 1.165) is 28.2 Å². The largest absolute Gasteiger partial charge is 0.478 e. The second-order valence-electron chi connectivity index (χ2n) is 6.97. The maximum atomic E-state index is 5.94. The van der Waals surface area contributed by atoms with Gasteiger partial charge in [-0.2, -0.15) is 0 Å². The van der Waals surface area contributed by atoms with Crippen molar-refractivity contribution in [1.82, 2.24) is 4.98 Å². The van der Waals surface area contributed by atoms with Crippen molar-refractivity contribution in [3.63, 3.8) is 0 Å². The maximum Gasteiger partial charge on any atom is 0.217 e. The van der Waals surface area contributed by atoms with E-state index in [0.29, 0.717) is 19.1 Å². The molecule has 2 aromatic carbocycles. The maximum absolute atomic E-state index is 5.94. The van der Waals surface area contributed by atoms with Crippen molar-refractivity contribution in [3.05, 3.63) is 83.0 Å².